The fourth-order valence-electron chi connectivity index (χ4n) is 1.25. The van der Waals surface area contributed by atoms with Crippen LogP contribution in [0.25, 0.3) is 11.5 Å². The molecule has 0 bridgehead atoms. The SMILES string of the molecule is O=S(=O)(CCCl)Nc1nnc(-c2ccccc2)o1. The molecule has 0 amide bonds. The van der Waals surface area contributed by atoms with Gasteiger partial charge < -0.3 is 4.42 Å². The highest BCUT2D eigenvalue weighted by Crippen LogP contribution is 2.19. The van der Waals surface area contributed by atoms with Crippen LogP contribution in [-0.4, -0.2) is 30.2 Å². The van der Waals surface area contributed by atoms with Gasteiger partial charge in [0.1, 0.15) is 0 Å². The molecule has 0 saturated carbocycles. The van der Waals surface area contributed by atoms with Crippen LogP contribution in [0.1, 0.15) is 0 Å². The van der Waals surface area contributed by atoms with E-state index >= 15 is 0 Å². The zero-order chi connectivity index (χ0) is 13.0. The zero-order valence-corrected chi connectivity index (χ0v) is 10.8. The molecular weight excluding hydrogens is 278 g/mol. The Morgan fingerprint density at radius 2 is 1.94 bits per heavy atom. The second-order valence-electron chi connectivity index (χ2n) is 3.39. The van der Waals surface area contributed by atoms with E-state index in [0.717, 1.165) is 0 Å². The van der Waals surface area contributed by atoms with Crippen LogP contribution in [0.4, 0.5) is 6.01 Å². The molecule has 0 atom stereocenters. The second kappa shape index (κ2) is 5.36. The molecule has 18 heavy (non-hydrogen) atoms. The Morgan fingerprint density at radius 1 is 1.22 bits per heavy atom. The molecule has 1 heterocycles. The third-order valence-corrected chi connectivity index (χ3v) is 3.67. The molecule has 0 aliphatic heterocycles. The van der Waals surface area contributed by atoms with Gasteiger partial charge in [0.2, 0.25) is 15.9 Å². The van der Waals surface area contributed by atoms with Crippen LogP contribution < -0.4 is 4.72 Å². The highest BCUT2D eigenvalue weighted by atomic mass is 35.5. The maximum atomic E-state index is 11.4. The third kappa shape index (κ3) is 3.21. The van der Waals surface area contributed by atoms with E-state index in [0.29, 0.717) is 5.56 Å². The lowest BCUT2D eigenvalue weighted by Crippen LogP contribution is -2.17. The van der Waals surface area contributed by atoms with Gasteiger partial charge >= 0.3 is 6.01 Å². The summed E-state index contributed by atoms with van der Waals surface area (Å²) >= 11 is 5.37. The van der Waals surface area contributed by atoms with Crippen molar-refractivity contribution in [3.05, 3.63) is 30.3 Å². The Labute approximate surface area is 109 Å². The summed E-state index contributed by atoms with van der Waals surface area (Å²) in [5.41, 5.74) is 0.716. The number of nitrogens with zero attached hydrogens (tertiary/aromatic N) is 2. The number of halogens is 1. The van der Waals surface area contributed by atoms with Crippen LogP contribution in [0.2, 0.25) is 0 Å². The number of hydrogen-bond acceptors (Lipinski definition) is 5. The summed E-state index contributed by atoms with van der Waals surface area (Å²) < 4.78 is 30.2. The van der Waals surface area contributed by atoms with Gasteiger partial charge in [0, 0.05) is 11.4 Å². The molecule has 0 spiro atoms. The Hall–Kier alpha value is -1.60. The molecule has 1 aromatic heterocycles. The van der Waals surface area contributed by atoms with Gasteiger partial charge in [0.15, 0.2) is 0 Å². The first-order valence-corrected chi connectivity index (χ1v) is 7.25. The fraction of sp³-hybridized carbons (Fsp3) is 0.200. The Kier molecular flexibility index (Phi) is 3.83. The van der Waals surface area contributed by atoms with Crippen molar-refractivity contribution in [3.8, 4) is 11.5 Å². The Morgan fingerprint density at radius 3 is 2.61 bits per heavy atom. The van der Waals surface area contributed by atoms with Crippen molar-refractivity contribution in [2.45, 2.75) is 0 Å². The van der Waals surface area contributed by atoms with Crippen molar-refractivity contribution in [2.24, 2.45) is 0 Å². The topological polar surface area (TPSA) is 85.1 Å². The lowest BCUT2D eigenvalue weighted by atomic mass is 10.2. The third-order valence-electron chi connectivity index (χ3n) is 2.03. The number of anilines is 1. The molecule has 1 aromatic carbocycles. The molecule has 6 nitrogen and oxygen atoms in total. The highest BCUT2D eigenvalue weighted by Gasteiger charge is 2.15. The number of nitrogens with one attached hydrogen (secondary N) is 1. The van der Waals surface area contributed by atoms with Crippen LogP contribution in [0, 0.1) is 0 Å². The van der Waals surface area contributed by atoms with Gasteiger partial charge in [0.05, 0.1) is 5.75 Å². The molecule has 0 aliphatic rings. The monoisotopic (exact) mass is 287 g/mol. The first-order valence-electron chi connectivity index (χ1n) is 5.06. The largest absolute Gasteiger partial charge is 0.403 e. The van der Waals surface area contributed by atoms with E-state index in [1.807, 2.05) is 18.2 Å². The smallest absolute Gasteiger partial charge is 0.329 e. The molecule has 0 unspecified atom stereocenters. The van der Waals surface area contributed by atoms with Crippen LogP contribution in [0.5, 0.6) is 0 Å². The summed E-state index contributed by atoms with van der Waals surface area (Å²) in [6.07, 6.45) is 0. The van der Waals surface area contributed by atoms with Crippen molar-refractivity contribution in [2.75, 3.05) is 16.4 Å². The number of benzene rings is 1. The number of hydrogen-bond donors (Lipinski definition) is 1. The van der Waals surface area contributed by atoms with Gasteiger partial charge in [0.25, 0.3) is 0 Å². The average Bonchev–Trinajstić information content (AvgIpc) is 2.77. The van der Waals surface area contributed by atoms with E-state index in [9.17, 15) is 8.42 Å². The molecule has 2 rings (SSSR count). The predicted octanol–water partition coefficient (Wildman–Crippen LogP) is 1.72. The van der Waals surface area contributed by atoms with Crippen molar-refractivity contribution >= 4 is 27.6 Å². The minimum Gasteiger partial charge on any atom is -0.403 e. The number of sulfonamides is 1. The Balaban J connectivity index is 2.17. The van der Waals surface area contributed by atoms with Crippen molar-refractivity contribution < 1.29 is 12.8 Å². The second-order valence-corrected chi connectivity index (χ2v) is 5.61. The van der Waals surface area contributed by atoms with Crippen molar-refractivity contribution in [3.63, 3.8) is 0 Å². The standard InChI is InChI=1S/C10H10ClN3O3S/c11-6-7-18(15,16)14-10-13-12-9(17-10)8-4-2-1-3-5-8/h1-5H,6-7H2,(H,13,14). The summed E-state index contributed by atoms with van der Waals surface area (Å²) in [6, 6.07) is 8.88. The van der Waals surface area contributed by atoms with Crippen LogP contribution >= 0.6 is 11.6 Å². The van der Waals surface area contributed by atoms with Crippen LogP contribution in [0.3, 0.4) is 0 Å². The lowest BCUT2D eigenvalue weighted by Gasteiger charge is -2.00. The fourth-order valence-corrected chi connectivity index (χ4v) is 2.51. The van der Waals surface area contributed by atoms with Crippen LogP contribution in [-0.2, 0) is 10.0 Å². The zero-order valence-electron chi connectivity index (χ0n) is 9.21. The van der Waals surface area contributed by atoms with Gasteiger partial charge in [-0.15, -0.1) is 16.7 Å². The van der Waals surface area contributed by atoms with E-state index in [2.05, 4.69) is 14.9 Å². The summed E-state index contributed by atoms with van der Waals surface area (Å²) in [6.45, 7) is 0. The summed E-state index contributed by atoms with van der Waals surface area (Å²) in [5.74, 6) is 0.0336. The van der Waals surface area contributed by atoms with Crippen molar-refractivity contribution in [1.29, 1.82) is 0 Å². The maximum Gasteiger partial charge on any atom is 0.329 e. The number of rotatable bonds is 5. The van der Waals surface area contributed by atoms with E-state index in [1.54, 1.807) is 12.1 Å². The first-order chi connectivity index (χ1) is 8.61. The normalized spacial score (nSPS) is 11.4. The van der Waals surface area contributed by atoms with Gasteiger partial charge in [-0.3, -0.25) is 0 Å². The van der Waals surface area contributed by atoms with E-state index < -0.39 is 10.0 Å². The Bertz CT molecular complexity index is 612. The number of aromatic nitrogens is 2. The number of alkyl halides is 1. The van der Waals surface area contributed by atoms with Gasteiger partial charge in [-0.2, -0.15) is 0 Å². The average molecular weight is 288 g/mol. The minimum absolute atomic E-state index is 0.00495. The van der Waals surface area contributed by atoms with Gasteiger partial charge in [-0.25, -0.2) is 13.1 Å². The molecule has 2 aromatic rings. The molecule has 96 valence electrons. The highest BCUT2D eigenvalue weighted by molar-refractivity contribution is 7.92. The van der Waals surface area contributed by atoms with E-state index in [4.69, 9.17) is 16.0 Å². The molecular formula is C10H10ClN3O3S. The van der Waals surface area contributed by atoms with Crippen molar-refractivity contribution in [1.82, 2.24) is 10.2 Å². The van der Waals surface area contributed by atoms with Crippen LogP contribution in [0.15, 0.2) is 34.7 Å². The summed E-state index contributed by atoms with van der Waals surface area (Å²) in [5, 5.41) is 7.36. The lowest BCUT2D eigenvalue weighted by molar-refractivity contribution is 0.578. The molecule has 8 heteroatoms. The van der Waals surface area contributed by atoms with Gasteiger partial charge in [-0.1, -0.05) is 23.3 Å². The molecule has 0 fully saturated rings. The molecule has 1 N–H and O–H groups in total. The maximum absolute atomic E-state index is 11.4. The predicted molar refractivity (Wildman–Crippen MR) is 67.9 cm³/mol. The van der Waals surface area contributed by atoms with Gasteiger partial charge in [-0.05, 0) is 12.1 Å². The molecule has 0 aliphatic carbocycles. The molecule has 0 radical (unpaired) electrons. The minimum atomic E-state index is -3.53. The summed E-state index contributed by atoms with van der Waals surface area (Å²) in [4.78, 5) is 0. The van der Waals surface area contributed by atoms with E-state index in [-0.39, 0.29) is 23.5 Å². The molecule has 0 saturated heterocycles. The van der Waals surface area contributed by atoms with E-state index in [1.165, 1.54) is 0 Å². The first kappa shape index (κ1) is 12.8. The quantitative estimate of drug-likeness (QED) is 0.846. The summed E-state index contributed by atoms with van der Waals surface area (Å²) in [7, 11) is -3.53.